The fourth-order valence-electron chi connectivity index (χ4n) is 2.81. The minimum atomic E-state index is -0.00148. The molecule has 0 aromatic carbocycles. The minimum absolute atomic E-state index is 0.00148. The van der Waals surface area contributed by atoms with Crippen LogP contribution >= 0.6 is 0 Å². The van der Waals surface area contributed by atoms with E-state index in [1.807, 2.05) is 0 Å². The number of fused-ring (bicyclic) bond motifs is 1. The summed E-state index contributed by atoms with van der Waals surface area (Å²) in [6, 6.07) is 0.581. The topological polar surface area (TPSA) is 38.3 Å². The Morgan fingerprint density at radius 1 is 1.38 bits per heavy atom. The fourth-order valence-corrected chi connectivity index (χ4v) is 2.81. The van der Waals surface area contributed by atoms with Gasteiger partial charge in [0.1, 0.15) is 0 Å². The molecule has 1 saturated heterocycles. The van der Waals surface area contributed by atoms with Gasteiger partial charge in [-0.15, -0.1) is 0 Å². The molecule has 74 valence electrons. The third-order valence-electron chi connectivity index (χ3n) is 3.45. The largest absolute Gasteiger partial charge is 0.469 e. The van der Waals surface area contributed by atoms with Crippen LogP contribution in [0.3, 0.4) is 0 Å². The molecule has 2 fully saturated rings. The summed E-state index contributed by atoms with van der Waals surface area (Å²) in [6.45, 7) is 0.973. The van der Waals surface area contributed by atoms with Gasteiger partial charge in [0.25, 0.3) is 0 Å². The van der Waals surface area contributed by atoms with Gasteiger partial charge in [0.05, 0.1) is 13.0 Å². The monoisotopic (exact) mass is 183 g/mol. The summed E-state index contributed by atoms with van der Waals surface area (Å²) in [6.07, 6.45) is 4.64. The number of hydrogen-bond acceptors (Lipinski definition) is 3. The normalized spacial score (nSPS) is 38.4. The van der Waals surface area contributed by atoms with Crippen LogP contribution in [-0.2, 0) is 9.53 Å². The lowest BCUT2D eigenvalue weighted by Gasteiger charge is -2.32. The van der Waals surface area contributed by atoms with E-state index in [-0.39, 0.29) is 11.9 Å². The first-order valence-corrected chi connectivity index (χ1v) is 5.14. The first-order valence-electron chi connectivity index (χ1n) is 5.14. The molecule has 3 nitrogen and oxygen atoms in total. The van der Waals surface area contributed by atoms with Crippen LogP contribution < -0.4 is 5.32 Å². The molecule has 1 aliphatic heterocycles. The van der Waals surface area contributed by atoms with Gasteiger partial charge in [-0.2, -0.15) is 0 Å². The maximum atomic E-state index is 11.5. The van der Waals surface area contributed by atoms with Crippen molar-refractivity contribution in [2.45, 2.75) is 31.7 Å². The van der Waals surface area contributed by atoms with Gasteiger partial charge < -0.3 is 10.1 Å². The third kappa shape index (κ3) is 1.57. The van der Waals surface area contributed by atoms with Crippen molar-refractivity contribution in [2.75, 3.05) is 13.7 Å². The number of nitrogens with one attached hydrogen (secondary N) is 1. The molecule has 3 atom stereocenters. The van der Waals surface area contributed by atoms with Crippen molar-refractivity contribution in [3.05, 3.63) is 0 Å². The zero-order valence-corrected chi connectivity index (χ0v) is 8.08. The van der Waals surface area contributed by atoms with Crippen LogP contribution in [0.15, 0.2) is 0 Å². The van der Waals surface area contributed by atoms with Gasteiger partial charge >= 0.3 is 5.97 Å². The van der Waals surface area contributed by atoms with E-state index < -0.39 is 0 Å². The first kappa shape index (κ1) is 9.00. The second-order valence-corrected chi connectivity index (χ2v) is 4.07. The zero-order chi connectivity index (χ0) is 9.26. The second kappa shape index (κ2) is 3.66. The predicted octanol–water partition coefficient (Wildman–Crippen LogP) is 0.938. The lowest BCUT2D eigenvalue weighted by molar-refractivity contribution is -0.148. The van der Waals surface area contributed by atoms with Gasteiger partial charge in [-0.25, -0.2) is 0 Å². The molecule has 3 heteroatoms. The molecule has 0 bridgehead atoms. The zero-order valence-electron chi connectivity index (χ0n) is 8.08. The number of esters is 1. The van der Waals surface area contributed by atoms with Crippen molar-refractivity contribution in [3.63, 3.8) is 0 Å². The summed E-state index contributed by atoms with van der Waals surface area (Å²) in [5.41, 5.74) is 0. The Labute approximate surface area is 78.8 Å². The lowest BCUT2D eigenvalue weighted by atomic mass is 9.82. The Kier molecular flexibility index (Phi) is 2.54. The van der Waals surface area contributed by atoms with Gasteiger partial charge in [-0.3, -0.25) is 4.79 Å². The highest BCUT2D eigenvalue weighted by Gasteiger charge is 2.40. The van der Waals surface area contributed by atoms with Crippen LogP contribution in [-0.4, -0.2) is 25.7 Å². The lowest BCUT2D eigenvalue weighted by Crippen LogP contribution is -2.45. The van der Waals surface area contributed by atoms with Crippen LogP contribution in [0.4, 0.5) is 0 Å². The van der Waals surface area contributed by atoms with Crippen LogP contribution in [0.2, 0.25) is 0 Å². The van der Waals surface area contributed by atoms with E-state index in [0.717, 1.165) is 13.0 Å². The van der Waals surface area contributed by atoms with E-state index in [1.165, 1.54) is 26.4 Å². The van der Waals surface area contributed by atoms with Crippen LogP contribution in [0, 0.1) is 11.8 Å². The van der Waals surface area contributed by atoms with Crippen molar-refractivity contribution in [2.24, 2.45) is 11.8 Å². The number of rotatable bonds is 1. The molecule has 0 amide bonds. The molecular weight excluding hydrogens is 166 g/mol. The fraction of sp³-hybridized carbons (Fsp3) is 0.900. The minimum Gasteiger partial charge on any atom is -0.469 e. The average Bonchev–Trinajstić information content (AvgIpc) is 2.63. The smallest absolute Gasteiger partial charge is 0.309 e. The molecule has 2 rings (SSSR count). The summed E-state index contributed by atoms with van der Waals surface area (Å²) in [7, 11) is 1.49. The Bertz CT molecular complexity index is 205. The quantitative estimate of drug-likeness (QED) is 0.615. The first-order chi connectivity index (χ1) is 6.33. The molecule has 0 unspecified atom stereocenters. The molecule has 1 N–H and O–H groups in total. The molecule has 0 spiro atoms. The number of carbonyl (C=O) groups is 1. The van der Waals surface area contributed by atoms with Crippen LogP contribution in [0.25, 0.3) is 0 Å². The summed E-state index contributed by atoms with van der Waals surface area (Å²) in [4.78, 5) is 11.5. The highest BCUT2D eigenvalue weighted by Crippen LogP contribution is 2.36. The van der Waals surface area contributed by atoms with Crippen LogP contribution in [0.5, 0.6) is 0 Å². The molecule has 1 saturated carbocycles. The average molecular weight is 183 g/mol. The Hall–Kier alpha value is -0.570. The molecule has 2 aliphatic rings. The molecule has 1 aliphatic carbocycles. The Morgan fingerprint density at radius 2 is 2.23 bits per heavy atom. The SMILES string of the molecule is COC(=O)[C@@H]1CCN[C@@H]2CCC[C@H]21. The second-order valence-electron chi connectivity index (χ2n) is 4.07. The third-order valence-corrected chi connectivity index (χ3v) is 3.45. The van der Waals surface area contributed by atoms with Crippen molar-refractivity contribution in [3.8, 4) is 0 Å². The number of ether oxygens (including phenoxy) is 1. The van der Waals surface area contributed by atoms with Crippen molar-refractivity contribution < 1.29 is 9.53 Å². The van der Waals surface area contributed by atoms with Crippen molar-refractivity contribution in [1.82, 2.24) is 5.32 Å². The molecule has 1 heterocycles. The van der Waals surface area contributed by atoms with E-state index in [1.54, 1.807) is 0 Å². The number of hydrogen-bond donors (Lipinski definition) is 1. The molecular formula is C10H17NO2. The predicted molar refractivity (Wildman–Crippen MR) is 49.3 cm³/mol. The van der Waals surface area contributed by atoms with Gasteiger partial charge in [-0.1, -0.05) is 6.42 Å². The van der Waals surface area contributed by atoms with Crippen molar-refractivity contribution >= 4 is 5.97 Å². The van der Waals surface area contributed by atoms with Gasteiger partial charge in [0, 0.05) is 6.04 Å². The van der Waals surface area contributed by atoms with E-state index in [2.05, 4.69) is 5.32 Å². The number of piperidine rings is 1. The molecule has 0 aromatic heterocycles. The van der Waals surface area contributed by atoms with E-state index in [4.69, 9.17) is 4.74 Å². The number of carbonyl (C=O) groups excluding carboxylic acids is 1. The Balaban J connectivity index is 2.05. The van der Waals surface area contributed by atoms with E-state index in [0.29, 0.717) is 12.0 Å². The van der Waals surface area contributed by atoms with Gasteiger partial charge in [0.2, 0.25) is 0 Å². The highest BCUT2D eigenvalue weighted by atomic mass is 16.5. The number of methoxy groups -OCH3 is 1. The maximum Gasteiger partial charge on any atom is 0.309 e. The highest BCUT2D eigenvalue weighted by molar-refractivity contribution is 5.73. The summed E-state index contributed by atoms with van der Waals surface area (Å²) in [5, 5.41) is 3.48. The molecule has 0 aromatic rings. The maximum absolute atomic E-state index is 11.5. The van der Waals surface area contributed by atoms with Gasteiger partial charge in [0.15, 0.2) is 0 Å². The van der Waals surface area contributed by atoms with Crippen molar-refractivity contribution in [1.29, 1.82) is 0 Å². The molecule has 0 radical (unpaired) electrons. The summed E-state index contributed by atoms with van der Waals surface area (Å²) >= 11 is 0. The summed E-state index contributed by atoms with van der Waals surface area (Å²) in [5.74, 6) is 0.707. The van der Waals surface area contributed by atoms with E-state index in [9.17, 15) is 4.79 Å². The van der Waals surface area contributed by atoms with Gasteiger partial charge in [-0.05, 0) is 31.7 Å². The van der Waals surface area contributed by atoms with E-state index >= 15 is 0 Å². The summed E-state index contributed by atoms with van der Waals surface area (Å²) < 4.78 is 4.83. The standard InChI is InChI=1S/C10H17NO2/c1-13-10(12)8-5-6-11-9-4-2-3-7(8)9/h7-9,11H,2-6H2,1H3/t7-,8+,9+/m0/s1. The van der Waals surface area contributed by atoms with Crippen LogP contribution in [0.1, 0.15) is 25.7 Å². The molecule has 13 heavy (non-hydrogen) atoms. The Morgan fingerprint density at radius 3 is 3.00 bits per heavy atom.